The number of ether oxygens (including phenoxy) is 1. The van der Waals surface area contributed by atoms with Crippen molar-refractivity contribution >= 4 is 36.4 Å². The molecule has 3 aliphatic rings. The Bertz CT molecular complexity index is 1060. The maximum Gasteiger partial charge on any atom is 0.256 e. The number of fused-ring (bicyclic) bond motifs is 2. The Morgan fingerprint density at radius 2 is 1.86 bits per heavy atom. The molecule has 2 aromatic rings. The molecular formula is C28H40Cl2N4O3. The van der Waals surface area contributed by atoms with Gasteiger partial charge < -0.3 is 25.0 Å². The van der Waals surface area contributed by atoms with Crippen molar-refractivity contribution in [3.05, 3.63) is 59.2 Å². The largest absolute Gasteiger partial charge is 0.490 e. The second-order valence-corrected chi connectivity index (χ2v) is 10.4. The molecule has 3 heterocycles. The molecule has 7 nitrogen and oxygen atoms in total. The van der Waals surface area contributed by atoms with Gasteiger partial charge in [-0.15, -0.1) is 24.8 Å². The van der Waals surface area contributed by atoms with E-state index in [1.165, 1.54) is 11.1 Å². The monoisotopic (exact) mass is 550 g/mol. The van der Waals surface area contributed by atoms with Gasteiger partial charge in [0.15, 0.2) is 0 Å². The summed E-state index contributed by atoms with van der Waals surface area (Å²) in [7, 11) is 2.02. The highest BCUT2D eigenvalue weighted by Gasteiger charge is 2.28. The molecule has 2 aromatic carbocycles. The van der Waals surface area contributed by atoms with Crippen LogP contribution in [0.3, 0.4) is 0 Å². The lowest BCUT2D eigenvalue weighted by Crippen LogP contribution is -2.44. The predicted molar refractivity (Wildman–Crippen MR) is 153 cm³/mol. The fourth-order valence-corrected chi connectivity index (χ4v) is 5.62. The van der Waals surface area contributed by atoms with Gasteiger partial charge in [0.2, 0.25) is 0 Å². The minimum Gasteiger partial charge on any atom is -0.490 e. The number of aliphatic hydroxyl groups is 1. The number of aliphatic hydroxyl groups excluding tert-OH is 1. The van der Waals surface area contributed by atoms with Crippen LogP contribution < -0.4 is 15.0 Å². The highest BCUT2D eigenvalue weighted by atomic mass is 35.5. The van der Waals surface area contributed by atoms with E-state index in [0.29, 0.717) is 31.2 Å². The van der Waals surface area contributed by atoms with Crippen LogP contribution in [0, 0.1) is 0 Å². The number of nitrogens with zero attached hydrogens (tertiary/aromatic N) is 3. The summed E-state index contributed by atoms with van der Waals surface area (Å²) in [6.07, 6.45) is 2.60. The molecule has 3 aliphatic heterocycles. The Hall–Kier alpha value is -2.03. The SMILES string of the molecule is CC1CC(Oc2ccc3c(c2)N(C)CCN(C[C@H](O)CN2CCc4ccccc4C2)C3=O)CCN1.Cl.Cl. The molecule has 0 bridgehead atoms. The van der Waals surface area contributed by atoms with Gasteiger partial charge in [0.1, 0.15) is 11.9 Å². The molecule has 37 heavy (non-hydrogen) atoms. The lowest BCUT2D eigenvalue weighted by molar-refractivity contribution is 0.0521. The number of anilines is 1. The molecule has 0 saturated carbocycles. The molecule has 2 N–H and O–H groups in total. The van der Waals surface area contributed by atoms with Crippen molar-refractivity contribution in [2.75, 3.05) is 51.2 Å². The molecule has 2 unspecified atom stereocenters. The molecule has 0 radical (unpaired) electrons. The summed E-state index contributed by atoms with van der Waals surface area (Å²) in [5.41, 5.74) is 4.32. The van der Waals surface area contributed by atoms with Crippen LogP contribution in [0.5, 0.6) is 5.75 Å². The summed E-state index contributed by atoms with van der Waals surface area (Å²) in [5, 5.41) is 14.4. The number of hydrogen-bond acceptors (Lipinski definition) is 6. The molecule has 1 fully saturated rings. The zero-order valence-corrected chi connectivity index (χ0v) is 23.4. The molecule has 3 atom stereocenters. The number of nitrogens with one attached hydrogen (secondary N) is 1. The summed E-state index contributed by atoms with van der Waals surface area (Å²) in [5.74, 6) is 0.802. The minimum atomic E-state index is -0.583. The summed E-state index contributed by atoms with van der Waals surface area (Å²) < 4.78 is 6.28. The fraction of sp³-hybridized carbons (Fsp3) is 0.536. The van der Waals surface area contributed by atoms with Gasteiger partial charge in [-0.05, 0) is 56.0 Å². The first kappa shape index (κ1) is 29.5. The van der Waals surface area contributed by atoms with Crippen molar-refractivity contribution in [2.45, 2.75) is 51.0 Å². The van der Waals surface area contributed by atoms with Crippen LogP contribution in [0.2, 0.25) is 0 Å². The first-order chi connectivity index (χ1) is 17.0. The van der Waals surface area contributed by atoms with Crippen molar-refractivity contribution in [1.29, 1.82) is 0 Å². The first-order valence-corrected chi connectivity index (χ1v) is 13.0. The number of hydrogen-bond donors (Lipinski definition) is 2. The highest BCUT2D eigenvalue weighted by molar-refractivity contribution is 6.00. The van der Waals surface area contributed by atoms with Crippen LogP contribution in [-0.2, 0) is 13.0 Å². The van der Waals surface area contributed by atoms with E-state index in [2.05, 4.69) is 46.3 Å². The molecule has 0 aliphatic carbocycles. The highest BCUT2D eigenvalue weighted by Crippen LogP contribution is 2.30. The van der Waals surface area contributed by atoms with E-state index >= 15 is 0 Å². The first-order valence-electron chi connectivity index (χ1n) is 13.0. The molecule has 0 aromatic heterocycles. The number of halogens is 2. The van der Waals surface area contributed by atoms with E-state index in [1.807, 2.05) is 25.2 Å². The topological polar surface area (TPSA) is 68.3 Å². The molecule has 9 heteroatoms. The second-order valence-electron chi connectivity index (χ2n) is 10.4. The number of likely N-dealkylation sites (N-methyl/N-ethyl adjacent to an activating group) is 1. The fourth-order valence-electron chi connectivity index (χ4n) is 5.62. The van der Waals surface area contributed by atoms with Gasteiger partial charge in [-0.25, -0.2) is 0 Å². The molecule has 1 amide bonds. The van der Waals surface area contributed by atoms with E-state index < -0.39 is 6.10 Å². The summed E-state index contributed by atoms with van der Waals surface area (Å²) in [6.45, 7) is 7.17. The van der Waals surface area contributed by atoms with E-state index in [9.17, 15) is 9.90 Å². The smallest absolute Gasteiger partial charge is 0.256 e. The van der Waals surface area contributed by atoms with Crippen molar-refractivity contribution < 1.29 is 14.6 Å². The number of rotatable bonds is 6. The van der Waals surface area contributed by atoms with Gasteiger partial charge in [0.25, 0.3) is 5.91 Å². The zero-order chi connectivity index (χ0) is 24.4. The number of carbonyl (C=O) groups excluding carboxylic acids is 1. The quantitative estimate of drug-likeness (QED) is 0.574. The Kier molecular flexibility index (Phi) is 10.5. The maximum absolute atomic E-state index is 13.4. The second kappa shape index (κ2) is 13.2. The van der Waals surface area contributed by atoms with Gasteiger partial charge in [-0.1, -0.05) is 24.3 Å². The van der Waals surface area contributed by atoms with Gasteiger partial charge >= 0.3 is 0 Å². The van der Waals surface area contributed by atoms with Gasteiger partial charge in [0.05, 0.1) is 17.4 Å². The Balaban J connectivity index is 0.00000190. The lowest BCUT2D eigenvalue weighted by Gasteiger charge is -2.32. The van der Waals surface area contributed by atoms with Crippen LogP contribution >= 0.6 is 24.8 Å². The number of amides is 1. The van der Waals surface area contributed by atoms with Crippen molar-refractivity contribution in [3.8, 4) is 5.75 Å². The van der Waals surface area contributed by atoms with Crippen molar-refractivity contribution in [2.24, 2.45) is 0 Å². The number of piperidine rings is 1. The van der Waals surface area contributed by atoms with E-state index in [4.69, 9.17) is 4.74 Å². The van der Waals surface area contributed by atoms with Crippen LogP contribution in [0.25, 0.3) is 0 Å². The van der Waals surface area contributed by atoms with Gasteiger partial charge in [-0.2, -0.15) is 0 Å². The number of β-amino-alcohol motifs (C(OH)–C–C–N with tert-alkyl or cyclic N) is 1. The van der Waals surface area contributed by atoms with Crippen LogP contribution in [-0.4, -0.2) is 85.4 Å². The summed E-state index contributed by atoms with van der Waals surface area (Å²) in [6, 6.07) is 14.8. The standard InChI is InChI=1S/C28H38N4O3.2ClH/c1-20-15-25(9-11-29-20)35-24-7-8-26-27(16-24)30(2)13-14-32(28(26)34)19-23(33)18-31-12-10-21-5-3-4-6-22(21)17-31;;/h3-8,16,20,23,25,29,33H,9-15,17-19H2,1-2H3;2*1H/t20?,23-,25?;;/m1../s1. The summed E-state index contributed by atoms with van der Waals surface area (Å²) >= 11 is 0. The maximum atomic E-state index is 13.4. The van der Waals surface area contributed by atoms with E-state index in [-0.39, 0.29) is 36.8 Å². The summed E-state index contributed by atoms with van der Waals surface area (Å²) in [4.78, 5) is 19.7. The molecule has 5 rings (SSSR count). The lowest BCUT2D eigenvalue weighted by atomic mass is 10.00. The zero-order valence-electron chi connectivity index (χ0n) is 21.8. The normalized spacial score (nSPS) is 22.6. The van der Waals surface area contributed by atoms with Crippen molar-refractivity contribution in [1.82, 2.24) is 15.1 Å². The van der Waals surface area contributed by atoms with E-state index in [0.717, 1.165) is 56.9 Å². The third-order valence-electron chi connectivity index (χ3n) is 7.59. The average molecular weight is 552 g/mol. The van der Waals surface area contributed by atoms with Gasteiger partial charge in [0, 0.05) is 58.4 Å². The van der Waals surface area contributed by atoms with Gasteiger partial charge in [-0.3, -0.25) is 9.69 Å². The van der Waals surface area contributed by atoms with Crippen molar-refractivity contribution in [3.63, 3.8) is 0 Å². The van der Waals surface area contributed by atoms with Crippen LogP contribution in [0.15, 0.2) is 42.5 Å². The van der Waals surface area contributed by atoms with Crippen LogP contribution in [0.4, 0.5) is 5.69 Å². The Morgan fingerprint density at radius 1 is 1.08 bits per heavy atom. The number of benzene rings is 2. The molecule has 1 saturated heterocycles. The van der Waals surface area contributed by atoms with Crippen LogP contribution in [0.1, 0.15) is 41.3 Å². The third-order valence-corrected chi connectivity index (χ3v) is 7.59. The molecule has 0 spiro atoms. The Morgan fingerprint density at radius 3 is 2.65 bits per heavy atom. The predicted octanol–water partition coefficient (Wildman–Crippen LogP) is 3.36. The molecular weight excluding hydrogens is 511 g/mol. The number of carbonyl (C=O) groups is 1. The Labute approximate surface area is 233 Å². The van der Waals surface area contributed by atoms with E-state index in [1.54, 1.807) is 4.90 Å². The third kappa shape index (κ3) is 7.09. The minimum absolute atomic E-state index is 0. The molecule has 204 valence electrons. The average Bonchev–Trinajstić information content (AvgIpc) is 2.96.